The standard InChI is InChI=1S/C34H30N10O15S5/c1-15-11-24(26(59-9-4-10-62(50,51)52)14-23(15)37-40-33-41-42-34(60-3)61-33)38-35-21-7-6-19-18(28(21)45)5-8-22(30(19)64(56,57)58)36-39-27-16(2)43-44(31(27)47)25-13-17(63(53,54)55)12-20(29(25)46)32(48)49/h5-8,11-14,45-47H,4,9-10H2,1-3H3,(H,48,49)(H,50,51,52)(H,53,54,55)(H,56,57,58). The van der Waals surface area contributed by atoms with E-state index in [9.17, 15) is 59.6 Å². The summed E-state index contributed by atoms with van der Waals surface area (Å²) in [4.78, 5) is 9.87. The Morgan fingerprint density at radius 3 is 2.08 bits per heavy atom. The van der Waals surface area contributed by atoms with Crippen LogP contribution in [0.15, 0.2) is 93.3 Å². The van der Waals surface area contributed by atoms with E-state index in [1.807, 2.05) is 6.26 Å². The fraction of sp³-hybridized carbons (Fsp3) is 0.176. The molecular formula is C34H30N10O15S5. The van der Waals surface area contributed by atoms with Crippen LogP contribution in [0.25, 0.3) is 16.5 Å². The van der Waals surface area contributed by atoms with E-state index in [1.54, 1.807) is 6.92 Å². The SMILES string of the molecule is CSc1nnc(N=Nc2cc(OCCCS(=O)(=O)O)c(N=Nc3ccc4c(S(=O)(=O)O)c(N=Nc5c(C)nn(-c6cc(S(=O)(=O)O)cc(C(=O)O)c6O)c5O)ccc4c3O)cc2C)s1. The second-order valence-electron chi connectivity index (χ2n) is 13.0. The lowest BCUT2D eigenvalue weighted by Gasteiger charge is -2.11. The number of hydrogen-bond acceptors (Lipinski definition) is 22. The molecule has 6 aromatic rings. The molecule has 0 unspecified atom stereocenters. The number of aromatic hydroxyl groups is 3. The predicted molar refractivity (Wildman–Crippen MR) is 226 cm³/mol. The van der Waals surface area contributed by atoms with Gasteiger partial charge in [0.05, 0.1) is 28.6 Å². The number of nitrogens with zero attached hydrogens (tertiary/aromatic N) is 10. The smallest absolute Gasteiger partial charge is 0.339 e. The highest BCUT2D eigenvalue weighted by Crippen LogP contribution is 2.44. The number of hydrogen-bond donors (Lipinski definition) is 7. The van der Waals surface area contributed by atoms with Crippen molar-refractivity contribution in [3.63, 3.8) is 0 Å². The summed E-state index contributed by atoms with van der Waals surface area (Å²) >= 11 is 2.57. The van der Waals surface area contributed by atoms with E-state index in [2.05, 4.69) is 46.0 Å². The number of fused-ring (bicyclic) bond motifs is 1. The Kier molecular flexibility index (Phi) is 13.4. The minimum atomic E-state index is -5.17. The highest BCUT2D eigenvalue weighted by molar-refractivity contribution is 8.00. The maximum absolute atomic E-state index is 12.8. The molecule has 0 saturated heterocycles. The van der Waals surface area contributed by atoms with Crippen LogP contribution < -0.4 is 4.74 Å². The second-order valence-corrected chi connectivity index (χ2v) is 19.3. The van der Waals surface area contributed by atoms with E-state index in [-0.39, 0.29) is 51.7 Å². The normalized spacial score (nSPS) is 12.7. The van der Waals surface area contributed by atoms with Crippen molar-refractivity contribution in [2.45, 2.75) is 34.4 Å². The van der Waals surface area contributed by atoms with Gasteiger partial charge in [-0.1, -0.05) is 29.2 Å². The first-order valence-corrected chi connectivity index (χ1v) is 24.0. The Labute approximate surface area is 368 Å². The largest absolute Gasteiger partial charge is 0.505 e. The monoisotopic (exact) mass is 978 g/mol. The minimum Gasteiger partial charge on any atom is -0.505 e. The van der Waals surface area contributed by atoms with Crippen LogP contribution in [-0.2, 0) is 30.4 Å². The van der Waals surface area contributed by atoms with Gasteiger partial charge in [-0.3, -0.25) is 13.7 Å². The number of carbonyl (C=O) groups is 1. The molecule has 6 rings (SSSR count). The number of phenolic OH excluding ortho intramolecular Hbond substituents is 1. The topological polar surface area (TPSA) is 388 Å². The fourth-order valence-electron chi connectivity index (χ4n) is 5.65. The first kappa shape index (κ1) is 47.0. The molecular weight excluding hydrogens is 949 g/mol. The molecule has 0 spiro atoms. The van der Waals surface area contributed by atoms with Crippen molar-refractivity contribution in [1.29, 1.82) is 0 Å². The van der Waals surface area contributed by atoms with E-state index in [0.717, 1.165) is 18.2 Å². The number of benzene rings is 4. The lowest BCUT2D eigenvalue weighted by molar-refractivity contribution is 0.0693. The summed E-state index contributed by atoms with van der Waals surface area (Å²) in [6.45, 7) is 2.73. The van der Waals surface area contributed by atoms with Gasteiger partial charge < -0.3 is 25.2 Å². The molecule has 2 heterocycles. The summed E-state index contributed by atoms with van der Waals surface area (Å²) in [5.74, 6) is -4.98. The molecule has 336 valence electrons. The van der Waals surface area contributed by atoms with Gasteiger partial charge in [-0.05, 0) is 68.5 Å². The molecule has 0 radical (unpaired) electrons. The summed E-state index contributed by atoms with van der Waals surface area (Å²) in [6, 6.07) is 8.58. The summed E-state index contributed by atoms with van der Waals surface area (Å²) < 4.78 is 108. The average molecular weight is 979 g/mol. The van der Waals surface area contributed by atoms with Gasteiger partial charge in [0.1, 0.15) is 39.0 Å². The van der Waals surface area contributed by atoms with E-state index < -0.39 is 91.9 Å². The molecule has 0 aliphatic carbocycles. The van der Waals surface area contributed by atoms with Crippen molar-refractivity contribution in [3.8, 4) is 28.8 Å². The number of thioether (sulfide) groups is 1. The maximum atomic E-state index is 12.8. The number of rotatable bonds is 16. The van der Waals surface area contributed by atoms with Gasteiger partial charge in [0.25, 0.3) is 35.5 Å². The van der Waals surface area contributed by atoms with Crippen LogP contribution in [-0.4, -0.2) is 104 Å². The first-order valence-electron chi connectivity index (χ1n) is 17.4. The van der Waals surface area contributed by atoms with Crippen molar-refractivity contribution in [1.82, 2.24) is 20.0 Å². The van der Waals surface area contributed by atoms with Crippen LogP contribution in [0, 0.1) is 13.8 Å². The Balaban J connectivity index is 1.36. The lowest BCUT2D eigenvalue weighted by Crippen LogP contribution is -2.08. The molecule has 0 atom stereocenters. The molecule has 64 heavy (non-hydrogen) atoms. The number of azo groups is 3. The Morgan fingerprint density at radius 2 is 1.44 bits per heavy atom. The van der Waals surface area contributed by atoms with E-state index in [0.29, 0.717) is 32.4 Å². The van der Waals surface area contributed by atoms with E-state index in [4.69, 9.17) is 9.29 Å². The third-order valence-corrected chi connectivity index (χ3v) is 12.9. The van der Waals surface area contributed by atoms with Gasteiger partial charge >= 0.3 is 5.97 Å². The van der Waals surface area contributed by atoms with Crippen LogP contribution in [0.5, 0.6) is 23.1 Å². The zero-order chi connectivity index (χ0) is 46.9. The summed E-state index contributed by atoms with van der Waals surface area (Å²) in [7, 11) is -14.5. The highest BCUT2D eigenvalue weighted by atomic mass is 32.2. The Bertz CT molecular complexity index is 3300. The van der Waals surface area contributed by atoms with Crippen LogP contribution in [0.1, 0.15) is 28.0 Å². The fourth-order valence-corrected chi connectivity index (χ4v) is 8.57. The summed E-state index contributed by atoms with van der Waals surface area (Å²) in [6.07, 6.45) is 1.71. The van der Waals surface area contributed by atoms with Gasteiger partial charge in [0, 0.05) is 16.8 Å². The number of carboxylic acid groups (broad SMARTS) is 1. The molecule has 0 aliphatic rings. The molecule has 0 amide bonds. The van der Waals surface area contributed by atoms with Gasteiger partial charge in [-0.25, -0.2) is 4.79 Å². The number of aromatic carboxylic acids is 1. The van der Waals surface area contributed by atoms with E-state index >= 15 is 0 Å². The molecule has 30 heteroatoms. The van der Waals surface area contributed by atoms with Crippen LogP contribution >= 0.6 is 23.1 Å². The lowest BCUT2D eigenvalue weighted by atomic mass is 10.1. The highest BCUT2D eigenvalue weighted by Gasteiger charge is 2.27. The Morgan fingerprint density at radius 1 is 0.781 bits per heavy atom. The first-order chi connectivity index (χ1) is 30.0. The molecule has 25 nitrogen and oxygen atoms in total. The molecule has 0 bridgehead atoms. The number of phenols is 2. The average Bonchev–Trinajstić information content (AvgIpc) is 3.79. The Hall–Kier alpha value is -6.54. The van der Waals surface area contributed by atoms with Crippen LogP contribution in [0.3, 0.4) is 0 Å². The zero-order valence-electron chi connectivity index (χ0n) is 32.6. The molecule has 0 fully saturated rings. The van der Waals surface area contributed by atoms with Gasteiger partial charge in [0.2, 0.25) is 5.88 Å². The quantitative estimate of drug-likeness (QED) is 0.0214. The predicted octanol–water partition coefficient (Wildman–Crippen LogP) is 7.43. The third-order valence-electron chi connectivity index (χ3n) is 8.58. The molecule has 4 aromatic carbocycles. The van der Waals surface area contributed by atoms with E-state index in [1.165, 1.54) is 48.2 Å². The van der Waals surface area contributed by atoms with Crippen molar-refractivity contribution in [2.75, 3.05) is 18.6 Å². The van der Waals surface area contributed by atoms with Crippen LogP contribution in [0.2, 0.25) is 0 Å². The van der Waals surface area contributed by atoms with Crippen molar-refractivity contribution in [2.24, 2.45) is 30.7 Å². The number of aryl methyl sites for hydroxylation is 2. The number of carboxylic acids is 1. The van der Waals surface area contributed by atoms with Crippen molar-refractivity contribution >= 4 is 104 Å². The second kappa shape index (κ2) is 18.3. The molecule has 0 aliphatic heterocycles. The number of aromatic nitrogens is 4. The molecule has 2 aromatic heterocycles. The third kappa shape index (κ3) is 10.5. The van der Waals surface area contributed by atoms with Gasteiger partial charge in [-0.2, -0.15) is 35.0 Å². The summed E-state index contributed by atoms with van der Waals surface area (Å²) in [5.41, 5.74) is -2.20. The minimum absolute atomic E-state index is 0.0462. The molecule has 0 saturated carbocycles. The van der Waals surface area contributed by atoms with Gasteiger partial charge in [-0.15, -0.1) is 40.9 Å². The van der Waals surface area contributed by atoms with Crippen molar-refractivity contribution < 1.29 is 68.9 Å². The van der Waals surface area contributed by atoms with Crippen molar-refractivity contribution in [3.05, 3.63) is 65.4 Å². The summed E-state index contributed by atoms with van der Waals surface area (Å²) in [5, 5.41) is 78.3. The molecule has 7 N–H and O–H groups in total. The van der Waals surface area contributed by atoms with Crippen LogP contribution in [0.4, 0.5) is 33.6 Å². The van der Waals surface area contributed by atoms with Gasteiger partial charge in [0.15, 0.2) is 21.5 Å². The number of ether oxygens (including phenoxy) is 1. The zero-order valence-corrected chi connectivity index (χ0v) is 36.7. The maximum Gasteiger partial charge on any atom is 0.339 e.